The molecule has 0 amide bonds. The summed E-state index contributed by atoms with van der Waals surface area (Å²) in [6, 6.07) is 8.10. The molecule has 0 unspecified atom stereocenters. The van der Waals surface area contributed by atoms with Gasteiger partial charge in [0.05, 0.1) is 19.9 Å². The number of halogens is 2. The highest BCUT2D eigenvalue weighted by Gasteiger charge is 2.23. The van der Waals surface area contributed by atoms with Crippen molar-refractivity contribution in [3.63, 3.8) is 0 Å². The predicted octanol–water partition coefficient (Wildman–Crippen LogP) is 4.80. The summed E-state index contributed by atoms with van der Waals surface area (Å²) < 4.78 is 39.7. The third-order valence-corrected chi connectivity index (χ3v) is 6.36. The van der Waals surface area contributed by atoms with Gasteiger partial charge in [-0.2, -0.15) is 0 Å². The average molecular weight is 498 g/mol. The zero-order valence-corrected chi connectivity index (χ0v) is 21.4. The number of hydrogen-bond acceptors (Lipinski definition) is 7. The van der Waals surface area contributed by atoms with Gasteiger partial charge in [0.15, 0.2) is 11.6 Å². The van der Waals surface area contributed by atoms with Gasteiger partial charge in [-0.25, -0.2) is 18.7 Å². The third-order valence-electron chi connectivity index (χ3n) is 6.36. The van der Waals surface area contributed by atoms with Crippen molar-refractivity contribution in [1.82, 2.24) is 15.3 Å². The van der Waals surface area contributed by atoms with Crippen LogP contribution in [0.15, 0.2) is 36.7 Å². The number of hydrogen-bond donors (Lipinski definition) is 2. The van der Waals surface area contributed by atoms with E-state index in [9.17, 15) is 8.78 Å². The molecule has 7 nitrogen and oxygen atoms in total. The van der Waals surface area contributed by atoms with Crippen molar-refractivity contribution in [2.24, 2.45) is 0 Å². The van der Waals surface area contributed by atoms with Crippen molar-refractivity contribution in [3.8, 4) is 11.5 Å². The van der Waals surface area contributed by atoms with Crippen LogP contribution in [-0.2, 0) is 12.8 Å². The lowest BCUT2D eigenvalue weighted by Crippen LogP contribution is -2.54. The minimum Gasteiger partial charge on any atom is -0.495 e. The summed E-state index contributed by atoms with van der Waals surface area (Å²) in [5.74, 6) is 0.0294. The smallest absolute Gasteiger partial charge is 0.227 e. The lowest BCUT2D eigenvalue weighted by atomic mass is 10.0. The van der Waals surface area contributed by atoms with E-state index >= 15 is 0 Å². The Bertz CT molecular complexity index is 1200. The van der Waals surface area contributed by atoms with E-state index in [0.29, 0.717) is 30.0 Å². The van der Waals surface area contributed by atoms with Crippen LogP contribution in [0.5, 0.6) is 11.5 Å². The Morgan fingerprint density at radius 1 is 0.972 bits per heavy atom. The molecule has 9 heteroatoms. The number of rotatable bonds is 8. The molecule has 1 aliphatic rings. The van der Waals surface area contributed by atoms with Crippen LogP contribution >= 0.6 is 0 Å². The van der Waals surface area contributed by atoms with Gasteiger partial charge in [-0.3, -0.25) is 0 Å². The molecule has 3 aromatic rings. The molecule has 192 valence electrons. The molecule has 2 N–H and O–H groups in total. The normalized spacial score (nSPS) is 17.7. The summed E-state index contributed by atoms with van der Waals surface area (Å²) in [6.07, 6.45) is 3.89. The Morgan fingerprint density at radius 2 is 1.64 bits per heavy atom. The highest BCUT2D eigenvalue weighted by atomic mass is 19.1. The first-order valence-electron chi connectivity index (χ1n) is 12.1. The molecule has 4 rings (SSSR count). The van der Waals surface area contributed by atoms with Gasteiger partial charge < -0.3 is 25.0 Å². The first kappa shape index (κ1) is 25.6. The van der Waals surface area contributed by atoms with Gasteiger partial charge in [0.1, 0.15) is 11.6 Å². The van der Waals surface area contributed by atoms with Crippen LogP contribution in [0.3, 0.4) is 0 Å². The molecule has 0 radical (unpaired) electrons. The number of aromatic nitrogens is 2. The molecule has 0 bridgehead atoms. The van der Waals surface area contributed by atoms with Crippen molar-refractivity contribution in [2.45, 2.75) is 45.7 Å². The molecule has 0 spiro atoms. The van der Waals surface area contributed by atoms with Crippen LogP contribution in [0.2, 0.25) is 0 Å². The monoisotopic (exact) mass is 497 g/mol. The molecule has 36 heavy (non-hydrogen) atoms. The minimum absolute atomic E-state index is 0.00881. The van der Waals surface area contributed by atoms with Crippen molar-refractivity contribution in [3.05, 3.63) is 65.0 Å². The minimum atomic E-state index is -0.665. The fourth-order valence-corrected chi connectivity index (χ4v) is 4.66. The molecule has 2 atom stereocenters. The summed E-state index contributed by atoms with van der Waals surface area (Å²) in [4.78, 5) is 11.1. The number of aryl methyl sites for hydroxylation is 2. The Hall–Kier alpha value is -3.46. The second-order valence-corrected chi connectivity index (χ2v) is 9.30. The molecule has 2 heterocycles. The third kappa shape index (κ3) is 5.67. The van der Waals surface area contributed by atoms with Crippen molar-refractivity contribution >= 4 is 17.3 Å². The summed E-state index contributed by atoms with van der Waals surface area (Å²) in [7, 11) is 3.03. The molecule has 1 aliphatic heterocycles. The molecule has 1 aromatic heterocycles. The molecule has 0 saturated carbocycles. The Labute approximate surface area is 210 Å². The fraction of sp³-hybridized carbons (Fsp3) is 0.407. The maximum Gasteiger partial charge on any atom is 0.227 e. The van der Waals surface area contributed by atoms with Gasteiger partial charge in [-0.05, 0) is 62.9 Å². The van der Waals surface area contributed by atoms with E-state index < -0.39 is 11.6 Å². The summed E-state index contributed by atoms with van der Waals surface area (Å²) >= 11 is 0. The fourth-order valence-electron chi connectivity index (χ4n) is 4.66. The van der Waals surface area contributed by atoms with Crippen molar-refractivity contribution < 1.29 is 18.3 Å². The number of methoxy groups -OCH3 is 2. The van der Waals surface area contributed by atoms with Crippen LogP contribution in [0.1, 0.15) is 30.5 Å². The molecular weight excluding hydrogens is 464 g/mol. The molecule has 0 aliphatic carbocycles. The zero-order chi connectivity index (χ0) is 25.8. The second-order valence-electron chi connectivity index (χ2n) is 9.30. The van der Waals surface area contributed by atoms with E-state index in [0.717, 1.165) is 35.8 Å². The molecule has 1 fully saturated rings. The Kier molecular flexibility index (Phi) is 7.88. The highest BCUT2D eigenvalue weighted by Crippen LogP contribution is 2.33. The second kappa shape index (κ2) is 11.1. The van der Waals surface area contributed by atoms with E-state index in [4.69, 9.17) is 9.47 Å². The van der Waals surface area contributed by atoms with Crippen molar-refractivity contribution in [1.29, 1.82) is 0 Å². The lowest BCUT2D eigenvalue weighted by molar-refractivity contribution is 0.379. The van der Waals surface area contributed by atoms with E-state index in [2.05, 4.69) is 39.3 Å². The number of anilines is 3. The van der Waals surface area contributed by atoms with E-state index in [-0.39, 0.29) is 17.7 Å². The number of nitrogens with one attached hydrogen (secondary N) is 2. The van der Waals surface area contributed by atoms with Gasteiger partial charge in [0.2, 0.25) is 5.95 Å². The van der Waals surface area contributed by atoms with Crippen LogP contribution in [0.4, 0.5) is 26.1 Å². The summed E-state index contributed by atoms with van der Waals surface area (Å²) in [5, 5.41) is 6.74. The van der Waals surface area contributed by atoms with Crippen LogP contribution < -0.4 is 25.0 Å². The standard InChI is InChI=1S/C27H33F2N5O2/c1-16-10-24(36-5)26(29)21(25(16)28)8-6-19-12-30-27(31-13-19)33-20-7-9-22(23(11-20)35-4)34-14-17(2)32-18(3)15-34/h7,9-13,17-18,32H,6,8,14-15H2,1-5H3,(H,30,31,33)/t17-,18+. The number of piperazine rings is 1. The number of nitrogens with zero attached hydrogens (tertiary/aromatic N) is 3. The number of benzene rings is 2. The van der Waals surface area contributed by atoms with E-state index in [1.807, 2.05) is 18.2 Å². The first-order valence-corrected chi connectivity index (χ1v) is 12.1. The van der Waals surface area contributed by atoms with Gasteiger partial charge in [0.25, 0.3) is 0 Å². The van der Waals surface area contributed by atoms with Gasteiger partial charge in [0, 0.05) is 54.9 Å². The Balaban J connectivity index is 1.43. The van der Waals surface area contributed by atoms with Gasteiger partial charge in [-0.15, -0.1) is 0 Å². The topological polar surface area (TPSA) is 71.5 Å². The van der Waals surface area contributed by atoms with Crippen LogP contribution in [0, 0.1) is 18.6 Å². The first-order chi connectivity index (χ1) is 17.3. The molecule has 1 saturated heterocycles. The SMILES string of the molecule is COc1cc(Nc2ncc(CCc3c(F)c(C)cc(OC)c3F)cn2)ccc1N1C[C@@H](C)N[C@@H](C)C1. The van der Waals surface area contributed by atoms with Crippen molar-refractivity contribution in [2.75, 3.05) is 37.5 Å². The van der Waals surface area contributed by atoms with Gasteiger partial charge in [-0.1, -0.05) is 0 Å². The maximum absolute atomic E-state index is 14.5. The van der Waals surface area contributed by atoms with Crippen LogP contribution in [-0.4, -0.2) is 49.4 Å². The molecular formula is C27H33F2N5O2. The summed E-state index contributed by atoms with van der Waals surface area (Å²) in [5.41, 5.74) is 2.98. The average Bonchev–Trinajstić information content (AvgIpc) is 2.86. The largest absolute Gasteiger partial charge is 0.495 e. The predicted molar refractivity (Wildman–Crippen MR) is 138 cm³/mol. The quantitative estimate of drug-likeness (QED) is 0.463. The number of ether oxygens (including phenoxy) is 2. The highest BCUT2D eigenvalue weighted by molar-refractivity contribution is 5.67. The molecule has 2 aromatic carbocycles. The van der Waals surface area contributed by atoms with Gasteiger partial charge >= 0.3 is 0 Å². The lowest BCUT2D eigenvalue weighted by Gasteiger charge is -2.38. The zero-order valence-electron chi connectivity index (χ0n) is 21.4. The van der Waals surface area contributed by atoms with E-state index in [1.165, 1.54) is 13.2 Å². The Morgan fingerprint density at radius 3 is 2.28 bits per heavy atom. The van der Waals surface area contributed by atoms with Crippen LogP contribution in [0.25, 0.3) is 0 Å². The maximum atomic E-state index is 14.5. The summed E-state index contributed by atoms with van der Waals surface area (Å²) in [6.45, 7) is 7.76. The van der Waals surface area contributed by atoms with E-state index in [1.54, 1.807) is 26.4 Å².